The van der Waals surface area contributed by atoms with E-state index in [1.807, 2.05) is 61.5 Å². The van der Waals surface area contributed by atoms with Crippen molar-refractivity contribution in [2.24, 2.45) is 9.98 Å². The van der Waals surface area contributed by atoms with Crippen molar-refractivity contribution in [1.82, 2.24) is 10.2 Å². The molecule has 1 amide bonds. The van der Waals surface area contributed by atoms with Crippen LogP contribution >= 0.6 is 0 Å². The number of aliphatic imine (C=N–C) groups is 2. The number of fused-ring (bicyclic) bond motifs is 1. The SMILES string of the molecule is COc1cccc(N2CCN(CC(=O)NC3=Nc4ccccc4N=C(C)[C@H]3c3ccccc3)CC2)c1. The summed E-state index contributed by atoms with van der Waals surface area (Å²) in [7, 11) is 1.68. The van der Waals surface area contributed by atoms with Crippen LogP contribution in [0.4, 0.5) is 17.1 Å². The number of anilines is 1. The Labute approximate surface area is 212 Å². The topological polar surface area (TPSA) is 69.5 Å². The molecule has 2 aliphatic heterocycles. The Morgan fingerprint density at radius 1 is 0.917 bits per heavy atom. The van der Waals surface area contributed by atoms with Crippen molar-refractivity contribution in [2.75, 3.05) is 44.7 Å². The minimum Gasteiger partial charge on any atom is -0.497 e. The van der Waals surface area contributed by atoms with E-state index in [4.69, 9.17) is 14.7 Å². The number of benzene rings is 3. The molecule has 2 heterocycles. The van der Waals surface area contributed by atoms with Gasteiger partial charge in [-0.05, 0) is 36.8 Å². The van der Waals surface area contributed by atoms with Crippen molar-refractivity contribution in [3.8, 4) is 5.75 Å². The number of hydrogen-bond donors (Lipinski definition) is 1. The van der Waals surface area contributed by atoms with E-state index in [0.717, 1.165) is 60.3 Å². The van der Waals surface area contributed by atoms with Crippen molar-refractivity contribution in [3.05, 3.63) is 84.4 Å². The summed E-state index contributed by atoms with van der Waals surface area (Å²) in [6, 6.07) is 26.0. The maximum atomic E-state index is 13.2. The Morgan fingerprint density at radius 2 is 1.61 bits per heavy atom. The number of amidine groups is 1. The number of methoxy groups -OCH3 is 1. The predicted molar refractivity (Wildman–Crippen MR) is 145 cm³/mol. The van der Waals surface area contributed by atoms with Gasteiger partial charge in [-0.3, -0.25) is 14.7 Å². The molecule has 0 bridgehead atoms. The molecular weight excluding hydrogens is 450 g/mol. The van der Waals surface area contributed by atoms with E-state index in [1.54, 1.807) is 7.11 Å². The summed E-state index contributed by atoms with van der Waals surface area (Å²) in [5.74, 6) is 1.20. The van der Waals surface area contributed by atoms with Crippen LogP contribution in [0.2, 0.25) is 0 Å². The molecule has 0 aromatic heterocycles. The van der Waals surface area contributed by atoms with Crippen LogP contribution in [0, 0.1) is 0 Å². The lowest BCUT2D eigenvalue weighted by atomic mass is 9.93. The third-order valence-electron chi connectivity index (χ3n) is 6.67. The molecule has 2 aliphatic rings. The molecule has 0 radical (unpaired) electrons. The highest BCUT2D eigenvalue weighted by Crippen LogP contribution is 2.34. The summed E-state index contributed by atoms with van der Waals surface area (Å²) >= 11 is 0. The summed E-state index contributed by atoms with van der Waals surface area (Å²) < 4.78 is 5.36. The summed E-state index contributed by atoms with van der Waals surface area (Å²) in [6.07, 6.45) is 0. The fraction of sp³-hybridized carbons (Fsp3) is 0.276. The lowest BCUT2D eigenvalue weighted by molar-refractivity contribution is -0.120. The van der Waals surface area contributed by atoms with Gasteiger partial charge in [0.15, 0.2) is 0 Å². The van der Waals surface area contributed by atoms with Crippen molar-refractivity contribution >= 4 is 34.5 Å². The standard InChI is InChI=1S/C29H31N5O2/c1-21-28(22-9-4-3-5-10-22)29(31-26-14-7-6-13-25(26)30-21)32-27(35)20-33-15-17-34(18-16-33)23-11-8-12-24(19-23)36-2/h3-14,19,28H,15-18,20H2,1-2H3,(H,31,32,35)/t28-/m0/s1. The van der Waals surface area contributed by atoms with E-state index in [2.05, 4.69) is 39.4 Å². The number of carbonyl (C=O) groups is 1. The molecule has 1 fully saturated rings. The lowest BCUT2D eigenvalue weighted by Crippen LogP contribution is -2.50. The Bertz CT molecular complexity index is 1280. The van der Waals surface area contributed by atoms with Gasteiger partial charge in [-0.2, -0.15) is 0 Å². The second-order valence-corrected chi connectivity index (χ2v) is 9.10. The zero-order chi connectivity index (χ0) is 24.9. The largest absolute Gasteiger partial charge is 0.497 e. The van der Waals surface area contributed by atoms with Crippen LogP contribution in [0.15, 0.2) is 88.8 Å². The molecular formula is C29H31N5O2. The van der Waals surface area contributed by atoms with Gasteiger partial charge in [0.1, 0.15) is 11.6 Å². The third-order valence-corrected chi connectivity index (χ3v) is 6.67. The Hall–Kier alpha value is -3.97. The number of nitrogens with one attached hydrogen (secondary N) is 1. The van der Waals surface area contributed by atoms with Crippen LogP contribution < -0.4 is 15.0 Å². The molecule has 0 spiro atoms. The Kier molecular flexibility index (Phi) is 7.09. The van der Waals surface area contributed by atoms with Crippen LogP contribution in [-0.2, 0) is 4.79 Å². The summed E-state index contributed by atoms with van der Waals surface area (Å²) in [4.78, 5) is 27.5. The van der Waals surface area contributed by atoms with Gasteiger partial charge in [0.05, 0.1) is 30.9 Å². The van der Waals surface area contributed by atoms with Crippen LogP contribution in [-0.4, -0.2) is 62.2 Å². The van der Waals surface area contributed by atoms with Gasteiger partial charge in [-0.25, -0.2) is 4.99 Å². The molecule has 36 heavy (non-hydrogen) atoms. The minimum absolute atomic E-state index is 0.0586. The zero-order valence-corrected chi connectivity index (χ0v) is 20.7. The molecule has 3 aromatic carbocycles. The highest BCUT2D eigenvalue weighted by atomic mass is 16.5. The number of rotatable bonds is 5. The van der Waals surface area contributed by atoms with Gasteiger partial charge < -0.3 is 15.0 Å². The predicted octanol–water partition coefficient (Wildman–Crippen LogP) is 4.55. The van der Waals surface area contributed by atoms with Crippen LogP contribution in [0.1, 0.15) is 18.4 Å². The van der Waals surface area contributed by atoms with E-state index in [0.29, 0.717) is 12.4 Å². The molecule has 184 valence electrons. The number of amides is 1. The molecule has 1 saturated heterocycles. The smallest absolute Gasteiger partial charge is 0.239 e. The maximum absolute atomic E-state index is 13.2. The number of hydrogen-bond acceptors (Lipinski definition) is 6. The average Bonchev–Trinajstić information content (AvgIpc) is 3.04. The van der Waals surface area contributed by atoms with Crippen LogP contribution in [0.5, 0.6) is 5.75 Å². The number of para-hydroxylation sites is 2. The van der Waals surface area contributed by atoms with Crippen molar-refractivity contribution in [1.29, 1.82) is 0 Å². The van der Waals surface area contributed by atoms with Gasteiger partial charge in [0, 0.05) is 43.6 Å². The quantitative estimate of drug-likeness (QED) is 0.580. The van der Waals surface area contributed by atoms with Crippen molar-refractivity contribution in [3.63, 3.8) is 0 Å². The second-order valence-electron chi connectivity index (χ2n) is 9.10. The summed E-state index contributed by atoms with van der Waals surface area (Å²) in [5.41, 5.74) is 4.67. The van der Waals surface area contributed by atoms with E-state index < -0.39 is 0 Å². The second kappa shape index (κ2) is 10.7. The number of nitrogens with zero attached hydrogens (tertiary/aromatic N) is 4. The molecule has 0 saturated carbocycles. The summed E-state index contributed by atoms with van der Waals surface area (Å²) in [5, 5.41) is 3.14. The zero-order valence-electron chi connectivity index (χ0n) is 20.7. The molecule has 3 aromatic rings. The molecule has 0 unspecified atom stereocenters. The van der Waals surface area contributed by atoms with Crippen molar-refractivity contribution < 1.29 is 9.53 Å². The fourth-order valence-corrected chi connectivity index (χ4v) is 4.80. The first-order valence-corrected chi connectivity index (χ1v) is 12.3. The minimum atomic E-state index is -0.215. The first kappa shape index (κ1) is 23.8. The average molecular weight is 482 g/mol. The number of carbonyl (C=O) groups excluding carboxylic acids is 1. The van der Waals surface area contributed by atoms with Gasteiger partial charge in [-0.1, -0.05) is 48.5 Å². The normalized spacial score (nSPS) is 17.9. The molecule has 7 nitrogen and oxygen atoms in total. The maximum Gasteiger partial charge on any atom is 0.239 e. The van der Waals surface area contributed by atoms with Gasteiger partial charge in [0.25, 0.3) is 0 Å². The lowest BCUT2D eigenvalue weighted by Gasteiger charge is -2.36. The van der Waals surface area contributed by atoms with Gasteiger partial charge in [-0.15, -0.1) is 0 Å². The van der Waals surface area contributed by atoms with Crippen LogP contribution in [0.3, 0.4) is 0 Å². The summed E-state index contributed by atoms with van der Waals surface area (Å²) in [6.45, 7) is 5.65. The van der Waals surface area contributed by atoms with E-state index in [1.165, 1.54) is 0 Å². The molecule has 5 rings (SSSR count). The molecule has 0 aliphatic carbocycles. The Morgan fingerprint density at radius 3 is 2.33 bits per heavy atom. The number of piperazine rings is 1. The van der Waals surface area contributed by atoms with Gasteiger partial charge >= 0.3 is 0 Å². The molecule has 1 atom stereocenters. The molecule has 1 N–H and O–H groups in total. The highest BCUT2D eigenvalue weighted by Gasteiger charge is 2.27. The first-order chi connectivity index (χ1) is 17.6. The van der Waals surface area contributed by atoms with E-state index >= 15 is 0 Å². The third kappa shape index (κ3) is 5.31. The Balaban J connectivity index is 1.29. The van der Waals surface area contributed by atoms with Crippen molar-refractivity contribution in [2.45, 2.75) is 12.8 Å². The van der Waals surface area contributed by atoms with E-state index in [-0.39, 0.29) is 11.8 Å². The highest BCUT2D eigenvalue weighted by molar-refractivity contribution is 6.17. The number of ether oxygens (including phenoxy) is 1. The van der Waals surface area contributed by atoms with Gasteiger partial charge in [0.2, 0.25) is 5.91 Å². The monoisotopic (exact) mass is 481 g/mol. The molecule has 7 heteroatoms. The first-order valence-electron chi connectivity index (χ1n) is 12.3. The van der Waals surface area contributed by atoms with Crippen LogP contribution in [0.25, 0.3) is 0 Å². The fourth-order valence-electron chi connectivity index (χ4n) is 4.80. The van der Waals surface area contributed by atoms with E-state index in [9.17, 15) is 4.79 Å².